The number of benzene rings is 1. The summed E-state index contributed by atoms with van der Waals surface area (Å²) in [6.07, 6.45) is -0.00733. The maximum absolute atomic E-state index is 13.6. The smallest absolute Gasteiger partial charge is 0.410 e. The molecule has 0 bridgehead atoms. The number of amides is 1. The normalized spacial score (nSPS) is 20.1. The molecule has 1 saturated heterocycles. The van der Waals surface area contributed by atoms with Crippen LogP contribution in [-0.2, 0) is 4.74 Å². The Hall–Kier alpha value is -1.33. The van der Waals surface area contributed by atoms with E-state index in [1.807, 2.05) is 0 Å². The van der Waals surface area contributed by atoms with Gasteiger partial charge >= 0.3 is 6.09 Å². The molecule has 122 valence electrons. The first-order valence-electron chi connectivity index (χ1n) is 7.31. The van der Waals surface area contributed by atoms with Crippen molar-refractivity contribution in [1.82, 2.24) is 4.90 Å². The predicted molar refractivity (Wildman–Crippen MR) is 82.3 cm³/mol. The van der Waals surface area contributed by atoms with Crippen LogP contribution in [0.3, 0.4) is 0 Å². The monoisotopic (exact) mass is 329 g/mol. The number of carbonyl (C=O) groups excluding carboxylic acids is 1. The third kappa shape index (κ3) is 3.90. The summed E-state index contributed by atoms with van der Waals surface area (Å²) in [4.78, 5) is 13.7. The lowest BCUT2D eigenvalue weighted by Crippen LogP contribution is -2.42. The van der Waals surface area contributed by atoms with Gasteiger partial charge in [-0.3, -0.25) is 0 Å². The molecule has 1 heterocycles. The molecule has 1 aromatic carbocycles. The first-order chi connectivity index (χ1) is 10.2. The number of hydrogen-bond donors (Lipinski definition) is 1. The maximum Gasteiger partial charge on any atom is 0.410 e. The summed E-state index contributed by atoms with van der Waals surface area (Å²) in [7, 11) is 0. The van der Waals surface area contributed by atoms with Crippen LogP contribution in [0.5, 0.6) is 0 Å². The minimum Gasteiger partial charge on any atom is -0.444 e. The fraction of sp³-hybridized carbons (Fsp3) is 0.562. The van der Waals surface area contributed by atoms with Crippen LogP contribution in [0.25, 0.3) is 0 Å². The summed E-state index contributed by atoms with van der Waals surface area (Å²) in [5.74, 6) is -0.583. The largest absolute Gasteiger partial charge is 0.444 e. The van der Waals surface area contributed by atoms with Crippen LogP contribution in [0.1, 0.15) is 45.3 Å². The van der Waals surface area contributed by atoms with Crippen molar-refractivity contribution in [3.8, 4) is 0 Å². The molecular formula is C16H21ClFNO3. The third-order valence-corrected chi connectivity index (χ3v) is 3.88. The summed E-state index contributed by atoms with van der Waals surface area (Å²) in [6.45, 7) is 5.90. The van der Waals surface area contributed by atoms with Crippen LogP contribution >= 0.6 is 11.6 Å². The van der Waals surface area contributed by atoms with Gasteiger partial charge in [-0.25, -0.2) is 9.18 Å². The van der Waals surface area contributed by atoms with E-state index in [4.69, 9.17) is 16.3 Å². The lowest BCUT2D eigenvalue weighted by molar-refractivity contribution is 0.00487. The van der Waals surface area contributed by atoms with Crippen LogP contribution in [0.4, 0.5) is 9.18 Å². The average Bonchev–Trinajstić information content (AvgIpc) is 2.88. The van der Waals surface area contributed by atoms with Crippen molar-refractivity contribution >= 4 is 17.7 Å². The number of rotatable bonds is 2. The van der Waals surface area contributed by atoms with Gasteiger partial charge in [0.1, 0.15) is 11.4 Å². The van der Waals surface area contributed by atoms with Gasteiger partial charge in [0.15, 0.2) is 0 Å². The molecule has 0 saturated carbocycles. The fourth-order valence-corrected chi connectivity index (χ4v) is 2.70. The Labute approximate surface area is 134 Å². The van der Waals surface area contributed by atoms with Crippen LogP contribution in [-0.4, -0.2) is 34.3 Å². The number of likely N-dealkylation sites (tertiary alicyclic amines) is 1. The molecule has 1 fully saturated rings. The van der Waals surface area contributed by atoms with E-state index in [9.17, 15) is 14.3 Å². The van der Waals surface area contributed by atoms with Gasteiger partial charge in [-0.05, 0) is 51.3 Å². The van der Waals surface area contributed by atoms with E-state index in [0.29, 0.717) is 18.5 Å². The quantitative estimate of drug-likeness (QED) is 0.895. The zero-order valence-corrected chi connectivity index (χ0v) is 13.7. The van der Waals surface area contributed by atoms with Crippen LogP contribution < -0.4 is 0 Å². The zero-order chi connectivity index (χ0) is 16.5. The lowest BCUT2D eigenvalue weighted by Gasteiger charge is -2.31. The molecule has 1 unspecified atom stereocenters. The molecule has 0 spiro atoms. The van der Waals surface area contributed by atoms with Crippen LogP contribution in [0, 0.1) is 5.82 Å². The molecule has 0 aliphatic carbocycles. The molecule has 2 atom stereocenters. The summed E-state index contributed by atoms with van der Waals surface area (Å²) >= 11 is 5.66. The Morgan fingerprint density at radius 1 is 1.50 bits per heavy atom. The van der Waals surface area contributed by atoms with E-state index >= 15 is 0 Å². The number of carbonyl (C=O) groups is 1. The topological polar surface area (TPSA) is 49.8 Å². The van der Waals surface area contributed by atoms with Crippen molar-refractivity contribution in [2.24, 2.45) is 0 Å². The minimum atomic E-state index is -0.971. The van der Waals surface area contributed by atoms with Crippen molar-refractivity contribution in [2.75, 3.05) is 6.54 Å². The zero-order valence-electron chi connectivity index (χ0n) is 13.0. The van der Waals surface area contributed by atoms with Crippen molar-refractivity contribution in [2.45, 2.75) is 51.4 Å². The number of halogens is 2. The molecule has 2 rings (SSSR count). The molecule has 1 aliphatic rings. The Morgan fingerprint density at radius 2 is 2.18 bits per heavy atom. The maximum atomic E-state index is 13.6. The molecule has 1 aliphatic heterocycles. The molecule has 22 heavy (non-hydrogen) atoms. The molecule has 0 aromatic heterocycles. The lowest BCUT2D eigenvalue weighted by atomic mass is 10.0. The van der Waals surface area contributed by atoms with Gasteiger partial charge in [-0.15, -0.1) is 0 Å². The number of hydrogen-bond acceptors (Lipinski definition) is 3. The van der Waals surface area contributed by atoms with Gasteiger partial charge in [0.05, 0.1) is 17.2 Å². The van der Waals surface area contributed by atoms with Crippen LogP contribution in [0.2, 0.25) is 5.02 Å². The number of aliphatic hydroxyl groups is 1. The second kappa shape index (κ2) is 6.42. The minimum absolute atomic E-state index is 0.00590. The molecule has 4 nitrogen and oxygen atoms in total. The van der Waals surface area contributed by atoms with E-state index < -0.39 is 29.7 Å². The summed E-state index contributed by atoms with van der Waals surface area (Å²) in [5.41, 5.74) is -0.191. The summed E-state index contributed by atoms with van der Waals surface area (Å²) in [5, 5.41) is 10.5. The van der Waals surface area contributed by atoms with Crippen LogP contribution in [0.15, 0.2) is 18.2 Å². The standard InChI is InChI=1S/C16H21ClFNO3/c1-16(2,3)22-15(21)19-8-4-5-13(19)14(20)10-6-7-11(17)12(18)9-10/h6-7,9,13-14,20H,4-5,8H2,1-3H3/t13-,14?/m0/s1. The molecule has 6 heteroatoms. The first-order valence-corrected chi connectivity index (χ1v) is 7.69. The van der Waals surface area contributed by atoms with Gasteiger partial charge in [-0.1, -0.05) is 17.7 Å². The van der Waals surface area contributed by atoms with E-state index in [2.05, 4.69) is 0 Å². The summed E-state index contributed by atoms with van der Waals surface area (Å²) < 4.78 is 18.9. The fourth-order valence-electron chi connectivity index (χ4n) is 2.59. The van der Waals surface area contributed by atoms with Gasteiger partial charge in [0.25, 0.3) is 0 Å². The number of ether oxygens (including phenoxy) is 1. The van der Waals surface area contributed by atoms with Crippen molar-refractivity contribution in [3.05, 3.63) is 34.6 Å². The van der Waals surface area contributed by atoms with Crippen molar-refractivity contribution < 1.29 is 19.0 Å². The average molecular weight is 330 g/mol. The molecule has 1 N–H and O–H groups in total. The second-order valence-electron chi connectivity index (χ2n) is 6.50. The third-order valence-electron chi connectivity index (χ3n) is 3.58. The highest BCUT2D eigenvalue weighted by molar-refractivity contribution is 6.30. The SMILES string of the molecule is CC(C)(C)OC(=O)N1CCC[C@H]1C(O)c1ccc(Cl)c(F)c1. The first kappa shape index (κ1) is 17.0. The summed E-state index contributed by atoms with van der Waals surface area (Å²) in [6, 6.07) is 3.76. The molecular weight excluding hydrogens is 309 g/mol. The number of aliphatic hydroxyl groups excluding tert-OH is 1. The Bertz CT molecular complexity index is 559. The highest BCUT2D eigenvalue weighted by Crippen LogP contribution is 2.31. The molecule has 0 radical (unpaired) electrons. The van der Waals surface area contributed by atoms with Gasteiger partial charge in [0, 0.05) is 6.54 Å². The van der Waals surface area contributed by atoms with Gasteiger partial charge < -0.3 is 14.7 Å². The molecule has 1 amide bonds. The number of nitrogens with zero attached hydrogens (tertiary/aromatic N) is 1. The highest BCUT2D eigenvalue weighted by Gasteiger charge is 2.37. The van der Waals surface area contributed by atoms with E-state index in [-0.39, 0.29) is 5.02 Å². The van der Waals surface area contributed by atoms with Crippen molar-refractivity contribution in [1.29, 1.82) is 0 Å². The highest BCUT2D eigenvalue weighted by atomic mass is 35.5. The second-order valence-corrected chi connectivity index (χ2v) is 6.91. The predicted octanol–water partition coefficient (Wildman–Crippen LogP) is 3.91. The van der Waals surface area contributed by atoms with E-state index in [0.717, 1.165) is 6.42 Å². The Morgan fingerprint density at radius 3 is 2.77 bits per heavy atom. The van der Waals surface area contributed by atoms with Crippen molar-refractivity contribution in [3.63, 3.8) is 0 Å². The molecule has 1 aromatic rings. The van der Waals surface area contributed by atoms with E-state index in [1.54, 1.807) is 26.8 Å². The Balaban J connectivity index is 2.15. The van der Waals surface area contributed by atoms with Gasteiger partial charge in [0.2, 0.25) is 0 Å². The van der Waals surface area contributed by atoms with Gasteiger partial charge in [-0.2, -0.15) is 0 Å². The van der Waals surface area contributed by atoms with E-state index in [1.165, 1.54) is 17.0 Å². The Kier molecular flexibility index (Phi) is 4.97.